The standard InChI is InChI=1S/C21H21N5O3/c27-18-11-29-21(12-23-18)6-7-25(13-21)20(28)16-8-17-19(22-9-16)26(14-24-17)10-15-4-2-1-3-5-15/h1-5,8-9,14H,6-7,10-13H2,(H,23,27). The number of imidazole rings is 1. The van der Waals surface area contributed by atoms with Crippen LogP contribution in [0.2, 0.25) is 0 Å². The number of nitrogens with one attached hydrogen (secondary N) is 1. The van der Waals surface area contributed by atoms with Gasteiger partial charge in [0.25, 0.3) is 5.91 Å². The largest absolute Gasteiger partial charge is 0.361 e. The molecule has 0 bridgehead atoms. The van der Waals surface area contributed by atoms with E-state index in [0.717, 1.165) is 11.2 Å². The molecule has 2 aromatic heterocycles. The molecule has 4 heterocycles. The Labute approximate surface area is 167 Å². The van der Waals surface area contributed by atoms with Crippen LogP contribution in [0.4, 0.5) is 0 Å². The van der Waals surface area contributed by atoms with Gasteiger partial charge in [-0.15, -0.1) is 0 Å². The van der Waals surface area contributed by atoms with Crippen LogP contribution >= 0.6 is 0 Å². The fraction of sp³-hybridized carbons (Fsp3) is 0.333. The van der Waals surface area contributed by atoms with Crippen LogP contribution in [0.1, 0.15) is 22.3 Å². The molecule has 1 N–H and O–H groups in total. The van der Waals surface area contributed by atoms with Gasteiger partial charge in [-0.25, -0.2) is 9.97 Å². The van der Waals surface area contributed by atoms with E-state index < -0.39 is 5.60 Å². The van der Waals surface area contributed by atoms with Gasteiger partial charge in [-0.2, -0.15) is 0 Å². The Morgan fingerprint density at radius 1 is 1.24 bits per heavy atom. The van der Waals surface area contributed by atoms with Gasteiger partial charge in [0.2, 0.25) is 5.91 Å². The molecule has 1 unspecified atom stereocenters. The first-order valence-electron chi connectivity index (χ1n) is 9.67. The summed E-state index contributed by atoms with van der Waals surface area (Å²) in [5, 5.41) is 2.83. The van der Waals surface area contributed by atoms with Crippen molar-refractivity contribution >= 4 is 23.0 Å². The number of carbonyl (C=O) groups excluding carboxylic acids is 2. The Hall–Kier alpha value is -3.26. The highest BCUT2D eigenvalue weighted by molar-refractivity contribution is 5.96. The summed E-state index contributed by atoms with van der Waals surface area (Å²) in [5.41, 5.74) is 2.65. The molecule has 3 aromatic rings. The molecule has 5 rings (SSSR count). The number of pyridine rings is 1. The lowest BCUT2D eigenvalue weighted by Crippen LogP contribution is -2.54. The number of hydrogen-bond donors (Lipinski definition) is 1. The van der Waals surface area contributed by atoms with Crippen molar-refractivity contribution in [2.45, 2.75) is 18.6 Å². The second kappa shape index (κ2) is 6.97. The first-order chi connectivity index (χ1) is 14.1. The zero-order chi connectivity index (χ0) is 19.8. The molecule has 8 nitrogen and oxygen atoms in total. The fourth-order valence-corrected chi connectivity index (χ4v) is 4.00. The maximum Gasteiger partial charge on any atom is 0.255 e. The van der Waals surface area contributed by atoms with Crippen molar-refractivity contribution in [3.8, 4) is 0 Å². The third kappa shape index (κ3) is 3.36. The summed E-state index contributed by atoms with van der Waals surface area (Å²) >= 11 is 0. The van der Waals surface area contributed by atoms with E-state index in [0.29, 0.717) is 43.7 Å². The quantitative estimate of drug-likeness (QED) is 0.725. The van der Waals surface area contributed by atoms with Crippen molar-refractivity contribution in [2.24, 2.45) is 0 Å². The Morgan fingerprint density at radius 3 is 2.90 bits per heavy atom. The molecule has 29 heavy (non-hydrogen) atoms. The second-order valence-corrected chi connectivity index (χ2v) is 7.65. The van der Waals surface area contributed by atoms with Gasteiger partial charge in [-0.3, -0.25) is 9.59 Å². The Morgan fingerprint density at radius 2 is 2.10 bits per heavy atom. The van der Waals surface area contributed by atoms with Crippen LogP contribution in [0.25, 0.3) is 11.2 Å². The van der Waals surface area contributed by atoms with E-state index in [1.165, 1.54) is 0 Å². The molecule has 2 fully saturated rings. The summed E-state index contributed by atoms with van der Waals surface area (Å²) in [7, 11) is 0. The first-order valence-corrected chi connectivity index (χ1v) is 9.67. The van der Waals surface area contributed by atoms with Gasteiger partial charge in [0.15, 0.2) is 5.65 Å². The van der Waals surface area contributed by atoms with Gasteiger partial charge in [0, 0.05) is 19.3 Å². The van der Waals surface area contributed by atoms with E-state index in [-0.39, 0.29) is 18.4 Å². The number of hydrogen-bond acceptors (Lipinski definition) is 5. The molecule has 0 radical (unpaired) electrons. The van der Waals surface area contributed by atoms with Crippen molar-refractivity contribution in [3.63, 3.8) is 0 Å². The summed E-state index contributed by atoms with van der Waals surface area (Å²) in [6, 6.07) is 11.9. The monoisotopic (exact) mass is 391 g/mol. The SMILES string of the molecule is O=C1COC2(CCN(C(=O)c3cnc4c(c3)ncn4Cc3ccccc3)C2)CN1. The van der Waals surface area contributed by atoms with Crippen molar-refractivity contribution in [2.75, 3.05) is 26.2 Å². The van der Waals surface area contributed by atoms with E-state index in [1.54, 1.807) is 23.5 Å². The molecular formula is C21H21N5O3. The molecule has 8 heteroatoms. The molecular weight excluding hydrogens is 370 g/mol. The van der Waals surface area contributed by atoms with Crippen molar-refractivity contribution in [3.05, 3.63) is 60.0 Å². The van der Waals surface area contributed by atoms with E-state index >= 15 is 0 Å². The Bertz CT molecular complexity index is 1070. The molecule has 148 valence electrons. The number of rotatable bonds is 3. The summed E-state index contributed by atoms with van der Waals surface area (Å²) in [6.07, 6.45) is 4.07. The van der Waals surface area contributed by atoms with Gasteiger partial charge >= 0.3 is 0 Å². The number of benzene rings is 1. The number of morpholine rings is 1. The predicted molar refractivity (Wildman–Crippen MR) is 105 cm³/mol. The minimum atomic E-state index is -0.474. The Kier molecular flexibility index (Phi) is 4.28. The van der Waals surface area contributed by atoms with E-state index in [4.69, 9.17) is 4.74 Å². The average molecular weight is 391 g/mol. The summed E-state index contributed by atoms with van der Waals surface area (Å²) < 4.78 is 7.72. The first kappa shape index (κ1) is 17.8. The average Bonchev–Trinajstić information content (AvgIpc) is 3.35. The number of amides is 2. The topological polar surface area (TPSA) is 89.3 Å². The van der Waals surface area contributed by atoms with Crippen molar-refractivity contribution < 1.29 is 14.3 Å². The zero-order valence-electron chi connectivity index (χ0n) is 15.9. The molecule has 0 saturated carbocycles. The van der Waals surface area contributed by atoms with Gasteiger partial charge in [0.1, 0.15) is 17.7 Å². The normalized spacial score (nSPS) is 21.7. The van der Waals surface area contributed by atoms with Crippen LogP contribution in [-0.2, 0) is 16.1 Å². The highest BCUT2D eigenvalue weighted by Crippen LogP contribution is 2.28. The maximum atomic E-state index is 13.0. The third-order valence-electron chi connectivity index (χ3n) is 5.62. The number of ether oxygens (including phenoxy) is 1. The van der Waals surface area contributed by atoms with Gasteiger partial charge in [-0.1, -0.05) is 30.3 Å². The smallest absolute Gasteiger partial charge is 0.255 e. The molecule has 1 atom stereocenters. The number of likely N-dealkylation sites (tertiary alicyclic amines) is 1. The molecule has 1 spiro atoms. The van der Waals surface area contributed by atoms with Crippen LogP contribution in [-0.4, -0.2) is 63.1 Å². The second-order valence-electron chi connectivity index (χ2n) is 7.65. The van der Waals surface area contributed by atoms with E-state index in [9.17, 15) is 9.59 Å². The van der Waals surface area contributed by atoms with Crippen LogP contribution in [0.15, 0.2) is 48.9 Å². The lowest BCUT2D eigenvalue weighted by atomic mass is 10.0. The van der Waals surface area contributed by atoms with Gasteiger partial charge < -0.3 is 19.5 Å². The molecule has 2 aliphatic rings. The number of nitrogens with zero attached hydrogens (tertiary/aromatic N) is 4. The molecule has 1 aromatic carbocycles. The maximum absolute atomic E-state index is 13.0. The predicted octanol–water partition coefficient (Wildman–Crippen LogP) is 1.21. The molecule has 0 aliphatic carbocycles. The lowest BCUT2D eigenvalue weighted by Gasteiger charge is -2.33. The van der Waals surface area contributed by atoms with Crippen molar-refractivity contribution in [1.29, 1.82) is 0 Å². The zero-order valence-corrected chi connectivity index (χ0v) is 15.9. The fourth-order valence-electron chi connectivity index (χ4n) is 4.00. The van der Waals surface area contributed by atoms with Crippen LogP contribution in [0, 0.1) is 0 Å². The summed E-state index contributed by atoms with van der Waals surface area (Å²) in [5.74, 6) is -0.199. The van der Waals surface area contributed by atoms with Crippen LogP contribution in [0.5, 0.6) is 0 Å². The molecule has 2 amide bonds. The summed E-state index contributed by atoms with van der Waals surface area (Å²) in [4.78, 5) is 35.0. The minimum Gasteiger partial charge on any atom is -0.361 e. The minimum absolute atomic E-state index is 0.0500. The van der Waals surface area contributed by atoms with Crippen LogP contribution in [0.3, 0.4) is 0 Å². The Balaban J connectivity index is 1.33. The van der Waals surface area contributed by atoms with Gasteiger partial charge in [0.05, 0.1) is 25.0 Å². The number of carbonyl (C=O) groups is 2. The van der Waals surface area contributed by atoms with E-state index in [1.807, 2.05) is 22.8 Å². The lowest BCUT2D eigenvalue weighted by molar-refractivity contribution is -0.141. The highest BCUT2D eigenvalue weighted by atomic mass is 16.5. The molecule has 2 saturated heterocycles. The number of aromatic nitrogens is 3. The third-order valence-corrected chi connectivity index (χ3v) is 5.62. The van der Waals surface area contributed by atoms with Gasteiger partial charge in [-0.05, 0) is 18.1 Å². The highest BCUT2D eigenvalue weighted by Gasteiger charge is 2.43. The molecule has 2 aliphatic heterocycles. The van der Waals surface area contributed by atoms with Crippen molar-refractivity contribution in [1.82, 2.24) is 24.8 Å². The number of fused-ring (bicyclic) bond motifs is 1. The van der Waals surface area contributed by atoms with E-state index in [2.05, 4.69) is 27.4 Å². The van der Waals surface area contributed by atoms with Crippen LogP contribution < -0.4 is 5.32 Å². The summed E-state index contributed by atoms with van der Waals surface area (Å²) in [6.45, 7) is 2.22.